The molecule has 0 saturated carbocycles. The van der Waals surface area contributed by atoms with Gasteiger partial charge >= 0.3 is 18.2 Å². The Labute approximate surface area is 194 Å². The molecule has 2 heterocycles. The number of benzene rings is 2. The molecule has 0 spiro atoms. The van der Waals surface area contributed by atoms with Crippen molar-refractivity contribution in [3.05, 3.63) is 69.7 Å². The number of hydrogen-bond acceptors (Lipinski definition) is 6. The number of hydrogen-bond donors (Lipinski definition) is 0. The molecule has 2 aliphatic rings. The standard InChI is InChI=1S/C23H23BrN2O6/c1-30-21(27)20-10-17(12-26(20)23(29)31-14-15-6-3-2-4-7-15)32-22(28)25-11-16-8-5-9-19(24)18(16)13-25/h2-9,17,20H,10-14H2,1H3/t17-,20+/m1/s1. The summed E-state index contributed by atoms with van der Waals surface area (Å²) in [5, 5.41) is 0. The van der Waals surface area contributed by atoms with Gasteiger partial charge in [-0.1, -0.05) is 58.4 Å². The number of methoxy groups -OCH3 is 1. The van der Waals surface area contributed by atoms with Crippen molar-refractivity contribution >= 4 is 34.1 Å². The topological polar surface area (TPSA) is 85.4 Å². The fourth-order valence-electron chi connectivity index (χ4n) is 3.97. The van der Waals surface area contributed by atoms with Gasteiger partial charge in [-0.15, -0.1) is 0 Å². The summed E-state index contributed by atoms with van der Waals surface area (Å²) >= 11 is 3.51. The molecule has 8 nitrogen and oxygen atoms in total. The third kappa shape index (κ3) is 4.72. The summed E-state index contributed by atoms with van der Waals surface area (Å²) in [5.41, 5.74) is 2.94. The van der Waals surface area contributed by atoms with Gasteiger partial charge in [-0.05, 0) is 22.8 Å². The molecule has 2 amide bonds. The van der Waals surface area contributed by atoms with Gasteiger partial charge in [-0.2, -0.15) is 0 Å². The van der Waals surface area contributed by atoms with Gasteiger partial charge in [-0.25, -0.2) is 14.4 Å². The molecule has 0 unspecified atom stereocenters. The van der Waals surface area contributed by atoms with E-state index in [0.717, 1.165) is 21.2 Å². The molecule has 9 heteroatoms. The summed E-state index contributed by atoms with van der Waals surface area (Å²) in [7, 11) is 1.26. The minimum absolute atomic E-state index is 0.0591. The number of fused-ring (bicyclic) bond motifs is 1. The van der Waals surface area contributed by atoms with E-state index in [1.165, 1.54) is 12.0 Å². The number of likely N-dealkylation sites (tertiary alicyclic amines) is 1. The summed E-state index contributed by atoms with van der Waals surface area (Å²) in [4.78, 5) is 40.5. The van der Waals surface area contributed by atoms with Crippen LogP contribution in [-0.4, -0.2) is 53.8 Å². The van der Waals surface area contributed by atoms with Crippen LogP contribution in [0.4, 0.5) is 9.59 Å². The third-order valence-electron chi connectivity index (χ3n) is 5.63. The van der Waals surface area contributed by atoms with Crippen LogP contribution in [0.3, 0.4) is 0 Å². The molecule has 2 atom stereocenters. The van der Waals surface area contributed by atoms with Crippen LogP contribution in [0.2, 0.25) is 0 Å². The van der Waals surface area contributed by atoms with Crippen LogP contribution < -0.4 is 0 Å². The van der Waals surface area contributed by atoms with Crippen LogP contribution in [0.1, 0.15) is 23.1 Å². The van der Waals surface area contributed by atoms with E-state index in [0.29, 0.717) is 13.1 Å². The quantitative estimate of drug-likeness (QED) is 0.466. The molecule has 32 heavy (non-hydrogen) atoms. The molecule has 0 aliphatic carbocycles. The Hall–Kier alpha value is -3.07. The first-order valence-corrected chi connectivity index (χ1v) is 11.0. The molecule has 4 rings (SSSR count). The first-order chi connectivity index (χ1) is 15.5. The van der Waals surface area contributed by atoms with Gasteiger partial charge in [-0.3, -0.25) is 9.80 Å². The number of rotatable bonds is 4. The summed E-state index contributed by atoms with van der Waals surface area (Å²) in [6, 6.07) is 14.2. The van der Waals surface area contributed by atoms with Crippen molar-refractivity contribution in [2.24, 2.45) is 0 Å². The van der Waals surface area contributed by atoms with Crippen LogP contribution in [0.15, 0.2) is 53.0 Å². The minimum Gasteiger partial charge on any atom is -0.467 e. The Bertz CT molecular complexity index is 1010. The van der Waals surface area contributed by atoms with Crippen molar-refractivity contribution in [1.29, 1.82) is 0 Å². The normalized spacial score (nSPS) is 19.4. The van der Waals surface area contributed by atoms with Gasteiger partial charge in [0.2, 0.25) is 0 Å². The number of ether oxygens (including phenoxy) is 3. The van der Waals surface area contributed by atoms with E-state index in [4.69, 9.17) is 14.2 Å². The van der Waals surface area contributed by atoms with Crippen molar-refractivity contribution in [3.8, 4) is 0 Å². The van der Waals surface area contributed by atoms with Crippen molar-refractivity contribution in [2.45, 2.75) is 38.3 Å². The SMILES string of the molecule is COC(=O)[C@@H]1C[C@@H](OC(=O)N2Cc3cccc(Br)c3C2)CN1C(=O)OCc1ccccc1. The van der Waals surface area contributed by atoms with E-state index in [1.807, 2.05) is 48.5 Å². The number of esters is 1. The first kappa shape index (κ1) is 22.1. The van der Waals surface area contributed by atoms with E-state index in [2.05, 4.69) is 15.9 Å². The van der Waals surface area contributed by atoms with E-state index in [9.17, 15) is 14.4 Å². The molecular formula is C23H23BrN2O6. The van der Waals surface area contributed by atoms with Crippen LogP contribution in [0.25, 0.3) is 0 Å². The molecule has 0 aromatic heterocycles. The zero-order valence-electron chi connectivity index (χ0n) is 17.5. The second kappa shape index (κ2) is 9.60. The van der Waals surface area contributed by atoms with E-state index >= 15 is 0 Å². The number of halogens is 1. The first-order valence-electron chi connectivity index (χ1n) is 10.2. The van der Waals surface area contributed by atoms with Crippen molar-refractivity contribution in [2.75, 3.05) is 13.7 Å². The zero-order valence-corrected chi connectivity index (χ0v) is 19.1. The molecule has 0 N–H and O–H groups in total. The Balaban J connectivity index is 1.37. The molecule has 1 fully saturated rings. The van der Waals surface area contributed by atoms with E-state index in [-0.39, 0.29) is 19.6 Å². The van der Waals surface area contributed by atoms with Gasteiger partial charge in [0.05, 0.1) is 20.2 Å². The average molecular weight is 503 g/mol. The highest BCUT2D eigenvalue weighted by Crippen LogP contribution is 2.31. The van der Waals surface area contributed by atoms with Crippen molar-refractivity contribution in [1.82, 2.24) is 9.80 Å². The monoisotopic (exact) mass is 502 g/mol. The smallest absolute Gasteiger partial charge is 0.410 e. The maximum Gasteiger partial charge on any atom is 0.410 e. The molecule has 0 bridgehead atoms. The lowest BCUT2D eigenvalue weighted by Gasteiger charge is -2.22. The highest BCUT2D eigenvalue weighted by Gasteiger charge is 2.43. The Kier molecular flexibility index (Phi) is 6.64. The minimum atomic E-state index is -0.869. The van der Waals surface area contributed by atoms with Crippen LogP contribution >= 0.6 is 15.9 Å². The summed E-state index contributed by atoms with van der Waals surface area (Å²) in [6.07, 6.45) is -1.62. The van der Waals surface area contributed by atoms with Crippen LogP contribution in [-0.2, 0) is 38.7 Å². The van der Waals surface area contributed by atoms with Gasteiger partial charge < -0.3 is 14.2 Å². The number of carbonyl (C=O) groups is 3. The van der Waals surface area contributed by atoms with Gasteiger partial charge in [0.15, 0.2) is 0 Å². The van der Waals surface area contributed by atoms with E-state index in [1.54, 1.807) is 4.90 Å². The van der Waals surface area contributed by atoms with Crippen molar-refractivity contribution in [3.63, 3.8) is 0 Å². The third-order valence-corrected chi connectivity index (χ3v) is 6.37. The maximum atomic E-state index is 12.8. The number of carbonyl (C=O) groups excluding carboxylic acids is 3. The van der Waals surface area contributed by atoms with Gasteiger partial charge in [0.1, 0.15) is 18.8 Å². The Morgan fingerprint density at radius 1 is 1.03 bits per heavy atom. The molecule has 2 aromatic carbocycles. The highest BCUT2D eigenvalue weighted by atomic mass is 79.9. The second-order valence-corrected chi connectivity index (χ2v) is 8.56. The molecular weight excluding hydrogens is 480 g/mol. The van der Waals surface area contributed by atoms with Gasteiger partial charge in [0, 0.05) is 17.4 Å². The molecule has 2 aliphatic heterocycles. The fourth-order valence-corrected chi connectivity index (χ4v) is 4.51. The number of nitrogens with zero attached hydrogens (tertiary/aromatic N) is 2. The lowest BCUT2D eigenvalue weighted by atomic mass is 10.1. The highest BCUT2D eigenvalue weighted by molar-refractivity contribution is 9.10. The fraction of sp³-hybridized carbons (Fsp3) is 0.348. The molecule has 168 valence electrons. The second-order valence-electron chi connectivity index (χ2n) is 7.71. The van der Waals surface area contributed by atoms with Crippen LogP contribution in [0, 0.1) is 0 Å². The Morgan fingerprint density at radius 2 is 1.81 bits per heavy atom. The molecule has 1 saturated heterocycles. The summed E-state index contributed by atoms with van der Waals surface area (Å²) in [6.45, 7) is 1.02. The van der Waals surface area contributed by atoms with Gasteiger partial charge in [0.25, 0.3) is 0 Å². The maximum absolute atomic E-state index is 12.8. The lowest BCUT2D eigenvalue weighted by molar-refractivity contribution is -0.145. The number of amides is 2. The molecule has 2 aromatic rings. The predicted molar refractivity (Wildman–Crippen MR) is 117 cm³/mol. The zero-order chi connectivity index (χ0) is 22.7. The van der Waals surface area contributed by atoms with Crippen molar-refractivity contribution < 1.29 is 28.6 Å². The Morgan fingerprint density at radius 3 is 2.53 bits per heavy atom. The molecule has 0 radical (unpaired) electrons. The van der Waals surface area contributed by atoms with Crippen LogP contribution in [0.5, 0.6) is 0 Å². The lowest BCUT2D eigenvalue weighted by Crippen LogP contribution is -2.41. The van der Waals surface area contributed by atoms with E-state index < -0.39 is 30.3 Å². The predicted octanol–water partition coefficient (Wildman–Crippen LogP) is 3.85. The largest absolute Gasteiger partial charge is 0.467 e. The summed E-state index contributed by atoms with van der Waals surface area (Å²) in [5.74, 6) is -0.572. The average Bonchev–Trinajstić information content (AvgIpc) is 3.43. The summed E-state index contributed by atoms with van der Waals surface area (Å²) < 4.78 is 16.8.